The van der Waals surface area contributed by atoms with Gasteiger partial charge in [-0.05, 0) is 6.92 Å². The second-order valence-electron chi connectivity index (χ2n) is 1.74. The molecule has 0 heterocycles. The summed E-state index contributed by atoms with van der Waals surface area (Å²) < 4.78 is 58.7. The van der Waals surface area contributed by atoms with E-state index in [0.29, 0.717) is 6.92 Å². The summed E-state index contributed by atoms with van der Waals surface area (Å²) in [6.45, 7) is 0.433. The molecule has 68 valence electrons. The Kier molecular flexibility index (Phi) is 3.05. The molecule has 0 bridgehead atoms. The molecule has 0 radical (unpaired) electrons. The lowest BCUT2D eigenvalue weighted by Gasteiger charge is -2.14. The van der Waals surface area contributed by atoms with E-state index >= 15 is 0 Å². The van der Waals surface area contributed by atoms with Gasteiger partial charge in [0, 0.05) is 0 Å². The lowest BCUT2D eigenvalue weighted by atomic mass is 10.4. The number of alkyl halides is 3. The summed E-state index contributed by atoms with van der Waals surface area (Å²) in [4.78, 5) is 7.72. The average Bonchev–Trinajstić information content (AvgIpc) is 1.56. The Balaban J connectivity index is 4.10. The Hall–Kier alpha value is -0.130. The summed E-state index contributed by atoms with van der Waals surface area (Å²) in [6, 6.07) is 0. The highest BCUT2D eigenvalue weighted by atomic mass is 31.2. The Morgan fingerprint density at radius 1 is 1.55 bits per heavy atom. The summed E-state index contributed by atoms with van der Waals surface area (Å²) in [7, 11) is -5.54. The zero-order valence-corrected chi connectivity index (χ0v) is 6.19. The molecule has 0 spiro atoms. The molecular weight excluding hydrogens is 191 g/mol. The average molecular weight is 196 g/mol. The van der Waals surface area contributed by atoms with E-state index < -0.39 is 20.2 Å². The molecular formula is C3H5F4O3P. The normalized spacial score (nSPS) is 20.9. The lowest BCUT2D eigenvalue weighted by molar-refractivity contribution is -0.192. The van der Waals surface area contributed by atoms with Crippen molar-refractivity contribution >= 4 is 7.91 Å². The minimum atomic E-state index is -5.54. The maximum Gasteiger partial charge on any atom is 0.511 e. The van der Waals surface area contributed by atoms with Gasteiger partial charge < -0.3 is 0 Å². The van der Waals surface area contributed by atoms with Crippen LogP contribution in [-0.4, -0.2) is 17.2 Å². The number of rotatable bonds is 2. The quantitative estimate of drug-likeness (QED) is 0.542. The van der Waals surface area contributed by atoms with Gasteiger partial charge in [-0.2, -0.15) is 13.2 Å². The van der Waals surface area contributed by atoms with Crippen molar-refractivity contribution < 1.29 is 31.4 Å². The van der Waals surface area contributed by atoms with Crippen LogP contribution in [0.15, 0.2) is 0 Å². The molecule has 1 N–H and O–H groups in total. The standard InChI is InChI=1S/C3H5F4O3P/c1-2(3(4,5)6)10-11(7,8)9/h2H,1H3,(H,8,9). The van der Waals surface area contributed by atoms with Crippen LogP contribution < -0.4 is 0 Å². The molecule has 0 aliphatic rings. The Bertz CT molecular complexity index is 172. The predicted molar refractivity (Wildman–Crippen MR) is 27.5 cm³/mol. The van der Waals surface area contributed by atoms with Crippen LogP contribution in [0.25, 0.3) is 0 Å². The van der Waals surface area contributed by atoms with Crippen molar-refractivity contribution in [2.24, 2.45) is 0 Å². The van der Waals surface area contributed by atoms with Crippen molar-refractivity contribution in [3.05, 3.63) is 0 Å². The summed E-state index contributed by atoms with van der Waals surface area (Å²) >= 11 is 0. The second kappa shape index (κ2) is 3.08. The van der Waals surface area contributed by atoms with Gasteiger partial charge in [0.1, 0.15) is 0 Å². The molecule has 0 fully saturated rings. The molecule has 2 unspecified atom stereocenters. The highest BCUT2D eigenvalue weighted by Crippen LogP contribution is 2.47. The van der Waals surface area contributed by atoms with Gasteiger partial charge in [-0.1, -0.05) is 0 Å². The van der Waals surface area contributed by atoms with E-state index in [0.717, 1.165) is 0 Å². The van der Waals surface area contributed by atoms with Gasteiger partial charge in [-0.15, -0.1) is 4.20 Å². The van der Waals surface area contributed by atoms with E-state index in [1.807, 2.05) is 0 Å². The fourth-order valence-electron chi connectivity index (χ4n) is 0.255. The number of hydrogen-bond donors (Lipinski definition) is 1. The SMILES string of the molecule is CC(OP(=O)(O)F)C(F)(F)F. The van der Waals surface area contributed by atoms with Crippen LogP contribution in [0.4, 0.5) is 17.4 Å². The Morgan fingerprint density at radius 3 is 2.00 bits per heavy atom. The van der Waals surface area contributed by atoms with Crippen molar-refractivity contribution in [1.82, 2.24) is 0 Å². The Labute approximate surface area is 59.6 Å². The maximum atomic E-state index is 11.6. The van der Waals surface area contributed by atoms with E-state index in [9.17, 15) is 21.9 Å². The Morgan fingerprint density at radius 2 is 1.91 bits per heavy atom. The monoisotopic (exact) mass is 196 g/mol. The fourth-order valence-corrected chi connectivity index (χ4v) is 0.764. The molecule has 0 amide bonds. The van der Waals surface area contributed by atoms with Gasteiger partial charge in [0.2, 0.25) is 0 Å². The largest absolute Gasteiger partial charge is 0.511 e. The van der Waals surface area contributed by atoms with Crippen molar-refractivity contribution in [3.63, 3.8) is 0 Å². The van der Waals surface area contributed by atoms with Crippen LogP contribution in [0.1, 0.15) is 6.92 Å². The third-order valence-electron chi connectivity index (χ3n) is 0.749. The van der Waals surface area contributed by atoms with Crippen LogP contribution in [0.5, 0.6) is 0 Å². The minimum Gasteiger partial charge on any atom is -0.299 e. The van der Waals surface area contributed by atoms with E-state index in [2.05, 4.69) is 4.52 Å². The first-order valence-corrected chi connectivity index (χ1v) is 3.87. The molecule has 0 rings (SSSR count). The highest BCUT2D eigenvalue weighted by Gasteiger charge is 2.41. The maximum absolute atomic E-state index is 11.6. The molecule has 0 aliphatic carbocycles. The number of hydrogen-bond acceptors (Lipinski definition) is 2. The number of halogens is 4. The molecule has 0 saturated heterocycles. The van der Waals surface area contributed by atoms with E-state index in [1.54, 1.807) is 0 Å². The molecule has 0 aromatic rings. The van der Waals surface area contributed by atoms with Crippen LogP contribution in [0.3, 0.4) is 0 Å². The molecule has 0 aliphatic heterocycles. The van der Waals surface area contributed by atoms with Crippen LogP contribution in [0.2, 0.25) is 0 Å². The molecule has 8 heteroatoms. The minimum absolute atomic E-state index is 0.433. The van der Waals surface area contributed by atoms with Gasteiger partial charge in [-0.25, -0.2) is 4.57 Å². The first-order valence-electron chi connectivity index (χ1n) is 2.40. The first-order chi connectivity index (χ1) is 4.63. The molecule has 2 atom stereocenters. The van der Waals surface area contributed by atoms with Crippen molar-refractivity contribution in [3.8, 4) is 0 Å². The third kappa shape index (κ3) is 5.17. The zero-order valence-electron chi connectivity index (χ0n) is 5.30. The smallest absolute Gasteiger partial charge is 0.299 e. The highest BCUT2D eigenvalue weighted by molar-refractivity contribution is 7.46. The van der Waals surface area contributed by atoms with E-state index in [-0.39, 0.29) is 0 Å². The second-order valence-corrected chi connectivity index (χ2v) is 2.85. The summed E-state index contributed by atoms with van der Waals surface area (Å²) in [6.07, 6.45) is -7.41. The van der Waals surface area contributed by atoms with Gasteiger partial charge in [0.25, 0.3) is 0 Å². The van der Waals surface area contributed by atoms with Crippen molar-refractivity contribution in [2.75, 3.05) is 0 Å². The molecule has 0 aromatic carbocycles. The van der Waals surface area contributed by atoms with Crippen LogP contribution >= 0.6 is 7.91 Å². The summed E-state index contributed by atoms with van der Waals surface area (Å²) in [5.74, 6) is 0. The molecule has 3 nitrogen and oxygen atoms in total. The van der Waals surface area contributed by atoms with Gasteiger partial charge in [-0.3, -0.25) is 9.42 Å². The summed E-state index contributed by atoms with van der Waals surface area (Å²) in [5, 5.41) is 0. The van der Waals surface area contributed by atoms with Gasteiger partial charge in [0.15, 0.2) is 6.10 Å². The fraction of sp³-hybridized carbons (Fsp3) is 1.00. The third-order valence-corrected chi connectivity index (χ3v) is 1.33. The lowest BCUT2D eigenvalue weighted by Crippen LogP contribution is -2.27. The molecule has 0 aromatic heterocycles. The van der Waals surface area contributed by atoms with Gasteiger partial charge in [0.05, 0.1) is 0 Å². The summed E-state index contributed by atoms with van der Waals surface area (Å²) in [5.41, 5.74) is 0. The van der Waals surface area contributed by atoms with Crippen LogP contribution in [-0.2, 0) is 9.09 Å². The van der Waals surface area contributed by atoms with Crippen molar-refractivity contribution in [2.45, 2.75) is 19.2 Å². The van der Waals surface area contributed by atoms with Gasteiger partial charge >= 0.3 is 14.1 Å². The predicted octanol–water partition coefficient (Wildman–Crippen LogP) is 2.02. The topological polar surface area (TPSA) is 46.5 Å². The molecule has 0 saturated carbocycles. The van der Waals surface area contributed by atoms with Crippen molar-refractivity contribution in [1.29, 1.82) is 0 Å². The van der Waals surface area contributed by atoms with Crippen LogP contribution in [0, 0.1) is 0 Å². The van der Waals surface area contributed by atoms with E-state index in [1.165, 1.54) is 0 Å². The molecule has 11 heavy (non-hydrogen) atoms. The first kappa shape index (κ1) is 10.9. The van der Waals surface area contributed by atoms with E-state index in [4.69, 9.17) is 4.89 Å². The zero-order chi connectivity index (χ0) is 9.28.